The lowest BCUT2D eigenvalue weighted by atomic mass is 10.1. The Balaban J connectivity index is 1.49. The standard InChI is InChI=1S/C27H34O5/c1-3-31-26(28)23-18-16-22(17-19-23)13-10-8-6-4-5-7-9-11-20-32-27(29)24-14-12-15-25(21-24)30-2/h8,10,12,14-19,21H,3-7,9,11,13,20H2,1-2H3/b10-8+. The van der Waals surface area contributed by atoms with Crippen LogP contribution in [0.25, 0.3) is 0 Å². The number of unbranched alkanes of at least 4 members (excludes halogenated alkanes) is 5. The normalized spacial score (nSPS) is 10.8. The molecule has 0 spiro atoms. The number of esters is 2. The summed E-state index contributed by atoms with van der Waals surface area (Å²) in [7, 11) is 1.58. The van der Waals surface area contributed by atoms with E-state index in [2.05, 4.69) is 12.2 Å². The number of carbonyl (C=O) groups excluding carboxylic acids is 2. The van der Waals surface area contributed by atoms with Crippen LogP contribution in [-0.2, 0) is 15.9 Å². The van der Waals surface area contributed by atoms with Gasteiger partial charge in [-0.3, -0.25) is 0 Å². The van der Waals surface area contributed by atoms with E-state index in [0.717, 1.165) is 38.5 Å². The molecule has 172 valence electrons. The van der Waals surface area contributed by atoms with Crippen LogP contribution in [-0.4, -0.2) is 32.3 Å². The summed E-state index contributed by atoms with van der Waals surface area (Å²) < 4.78 is 15.4. The zero-order valence-electron chi connectivity index (χ0n) is 19.2. The molecule has 5 nitrogen and oxygen atoms in total. The molecule has 0 saturated carbocycles. The molecule has 0 atom stereocenters. The van der Waals surface area contributed by atoms with Crippen LogP contribution in [0.5, 0.6) is 5.75 Å². The van der Waals surface area contributed by atoms with Gasteiger partial charge in [-0.05, 0) is 68.5 Å². The number of rotatable bonds is 14. The van der Waals surface area contributed by atoms with Crippen molar-refractivity contribution in [1.29, 1.82) is 0 Å². The molecule has 0 fully saturated rings. The highest BCUT2D eigenvalue weighted by Gasteiger charge is 2.07. The maximum atomic E-state index is 12.0. The molecule has 0 aliphatic rings. The number of methoxy groups -OCH3 is 1. The van der Waals surface area contributed by atoms with Gasteiger partial charge in [0.05, 0.1) is 31.5 Å². The molecule has 0 N–H and O–H groups in total. The molecular formula is C27H34O5. The zero-order chi connectivity index (χ0) is 23.0. The van der Waals surface area contributed by atoms with Gasteiger partial charge in [0.15, 0.2) is 0 Å². The second kappa shape index (κ2) is 14.8. The third kappa shape index (κ3) is 9.38. The molecule has 2 aromatic rings. The molecule has 0 bridgehead atoms. The molecule has 2 rings (SSSR count). The Morgan fingerprint density at radius 1 is 0.812 bits per heavy atom. The van der Waals surface area contributed by atoms with E-state index in [1.807, 2.05) is 24.3 Å². The quantitative estimate of drug-likeness (QED) is 0.201. The van der Waals surface area contributed by atoms with Crippen molar-refractivity contribution in [2.75, 3.05) is 20.3 Å². The van der Waals surface area contributed by atoms with Crippen LogP contribution in [0.15, 0.2) is 60.7 Å². The Morgan fingerprint density at radius 3 is 2.28 bits per heavy atom. The van der Waals surface area contributed by atoms with Gasteiger partial charge in [-0.2, -0.15) is 0 Å². The maximum Gasteiger partial charge on any atom is 0.338 e. The predicted octanol–water partition coefficient (Wildman–Crippen LogP) is 6.17. The van der Waals surface area contributed by atoms with Gasteiger partial charge in [0.1, 0.15) is 5.75 Å². The monoisotopic (exact) mass is 438 g/mol. The van der Waals surface area contributed by atoms with Crippen LogP contribution >= 0.6 is 0 Å². The van der Waals surface area contributed by atoms with Gasteiger partial charge in [0, 0.05) is 0 Å². The summed E-state index contributed by atoms with van der Waals surface area (Å²) in [5.74, 6) is 0.0783. The first kappa shape index (κ1) is 25.2. The lowest BCUT2D eigenvalue weighted by molar-refractivity contribution is 0.0494. The minimum Gasteiger partial charge on any atom is -0.497 e. The van der Waals surface area contributed by atoms with Crippen LogP contribution in [0.4, 0.5) is 0 Å². The van der Waals surface area contributed by atoms with Gasteiger partial charge < -0.3 is 14.2 Å². The Kier molecular flexibility index (Phi) is 11.7. The third-order valence-corrected chi connectivity index (χ3v) is 5.04. The van der Waals surface area contributed by atoms with Crippen molar-refractivity contribution < 1.29 is 23.8 Å². The first-order valence-corrected chi connectivity index (χ1v) is 11.4. The fraction of sp³-hybridized carbons (Fsp3) is 0.407. The lowest BCUT2D eigenvalue weighted by Gasteiger charge is -2.06. The SMILES string of the molecule is CCOC(=O)c1ccc(C/C=C/CCCCCCCOC(=O)c2cccc(OC)c2)cc1. The summed E-state index contributed by atoms with van der Waals surface area (Å²) >= 11 is 0. The first-order chi connectivity index (χ1) is 15.6. The van der Waals surface area contributed by atoms with Crippen molar-refractivity contribution in [3.05, 3.63) is 77.4 Å². The minimum atomic E-state index is -0.301. The Morgan fingerprint density at radius 2 is 1.53 bits per heavy atom. The molecule has 0 heterocycles. The van der Waals surface area contributed by atoms with E-state index in [1.165, 1.54) is 12.0 Å². The van der Waals surface area contributed by atoms with Crippen LogP contribution in [0.1, 0.15) is 71.7 Å². The van der Waals surface area contributed by atoms with Gasteiger partial charge in [-0.25, -0.2) is 9.59 Å². The van der Waals surface area contributed by atoms with E-state index >= 15 is 0 Å². The molecule has 0 radical (unpaired) electrons. The zero-order valence-corrected chi connectivity index (χ0v) is 19.2. The van der Waals surface area contributed by atoms with Crippen molar-refractivity contribution >= 4 is 11.9 Å². The van der Waals surface area contributed by atoms with Crippen molar-refractivity contribution in [2.24, 2.45) is 0 Å². The third-order valence-electron chi connectivity index (χ3n) is 5.04. The molecule has 2 aromatic carbocycles. The highest BCUT2D eigenvalue weighted by atomic mass is 16.5. The van der Waals surface area contributed by atoms with Crippen LogP contribution in [0.2, 0.25) is 0 Å². The fourth-order valence-corrected chi connectivity index (χ4v) is 3.22. The van der Waals surface area contributed by atoms with Gasteiger partial charge in [0.25, 0.3) is 0 Å². The van der Waals surface area contributed by atoms with E-state index < -0.39 is 0 Å². The molecular weight excluding hydrogens is 404 g/mol. The number of allylic oxidation sites excluding steroid dienone is 2. The summed E-state index contributed by atoms with van der Waals surface area (Å²) in [6, 6.07) is 14.6. The molecule has 32 heavy (non-hydrogen) atoms. The van der Waals surface area contributed by atoms with Crippen molar-refractivity contribution in [1.82, 2.24) is 0 Å². The van der Waals surface area contributed by atoms with Gasteiger partial charge in [0.2, 0.25) is 0 Å². The highest BCUT2D eigenvalue weighted by Crippen LogP contribution is 2.14. The molecule has 5 heteroatoms. The van der Waals surface area contributed by atoms with E-state index in [0.29, 0.717) is 30.1 Å². The summed E-state index contributed by atoms with van der Waals surface area (Å²) in [6.07, 6.45) is 11.7. The topological polar surface area (TPSA) is 61.8 Å². The van der Waals surface area contributed by atoms with Gasteiger partial charge in [-0.1, -0.05) is 49.6 Å². The van der Waals surface area contributed by atoms with Crippen LogP contribution in [0, 0.1) is 0 Å². The summed E-state index contributed by atoms with van der Waals surface area (Å²) in [6.45, 7) is 2.64. The summed E-state index contributed by atoms with van der Waals surface area (Å²) in [5.41, 5.74) is 2.29. The first-order valence-electron chi connectivity index (χ1n) is 11.4. The van der Waals surface area contributed by atoms with E-state index in [-0.39, 0.29) is 11.9 Å². The second-order valence-electron chi connectivity index (χ2n) is 7.52. The lowest BCUT2D eigenvalue weighted by Crippen LogP contribution is -2.06. The van der Waals surface area contributed by atoms with Gasteiger partial charge >= 0.3 is 11.9 Å². The van der Waals surface area contributed by atoms with Crippen LogP contribution < -0.4 is 4.74 Å². The van der Waals surface area contributed by atoms with Crippen molar-refractivity contribution in [3.63, 3.8) is 0 Å². The summed E-state index contributed by atoms with van der Waals surface area (Å²) in [4.78, 5) is 23.7. The number of benzene rings is 2. The van der Waals surface area contributed by atoms with Gasteiger partial charge in [-0.15, -0.1) is 0 Å². The average molecular weight is 439 g/mol. The molecule has 0 unspecified atom stereocenters. The Bertz CT molecular complexity index is 855. The number of ether oxygens (including phenoxy) is 3. The van der Waals surface area contributed by atoms with E-state index in [9.17, 15) is 9.59 Å². The molecule has 0 aliphatic heterocycles. The maximum absolute atomic E-state index is 12.0. The minimum absolute atomic E-state index is 0.274. The molecule has 0 amide bonds. The molecule has 0 saturated heterocycles. The Hall–Kier alpha value is -3.08. The number of carbonyl (C=O) groups is 2. The Labute approximate surface area is 191 Å². The van der Waals surface area contributed by atoms with E-state index in [4.69, 9.17) is 14.2 Å². The number of hydrogen-bond acceptors (Lipinski definition) is 5. The number of hydrogen-bond donors (Lipinski definition) is 0. The van der Waals surface area contributed by atoms with Crippen LogP contribution in [0.3, 0.4) is 0 Å². The smallest absolute Gasteiger partial charge is 0.338 e. The fourth-order valence-electron chi connectivity index (χ4n) is 3.22. The highest BCUT2D eigenvalue weighted by molar-refractivity contribution is 5.90. The average Bonchev–Trinajstić information content (AvgIpc) is 2.83. The second-order valence-corrected chi connectivity index (χ2v) is 7.52. The van der Waals surface area contributed by atoms with Crippen molar-refractivity contribution in [2.45, 2.75) is 51.9 Å². The van der Waals surface area contributed by atoms with Crippen molar-refractivity contribution in [3.8, 4) is 5.75 Å². The largest absolute Gasteiger partial charge is 0.497 e. The molecule has 0 aliphatic carbocycles. The molecule has 0 aromatic heterocycles. The van der Waals surface area contributed by atoms with E-state index in [1.54, 1.807) is 38.3 Å². The summed E-state index contributed by atoms with van der Waals surface area (Å²) in [5, 5.41) is 0. The predicted molar refractivity (Wildman–Crippen MR) is 126 cm³/mol.